The molecule has 0 aliphatic rings. The van der Waals surface area contributed by atoms with Crippen LogP contribution >= 0.6 is 27.5 Å². The van der Waals surface area contributed by atoms with E-state index in [1.54, 1.807) is 0 Å². The van der Waals surface area contributed by atoms with Crippen molar-refractivity contribution >= 4 is 27.5 Å². The van der Waals surface area contributed by atoms with Gasteiger partial charge in [-0.2, -0.15) is 0 Å². The van der Waals surface area contributed by atoms with Gasteiger partial charge < -0.3 is 20.4 Å². The molecule has 0 fully saturated rings. The van der Waals surface area contributed by atoms with Crippen molar-refractivity contribution in [3.05, 3.63) is 0 Å². The fraction of sp³-hybridized carbons (Fsp3) is 1.00. The number of hydrogen-bond donors (Lipinski definition) is 4. The molecule has 0 aromatic carbocycles. The first kappa shape index (κ1) is 12.6. The molecule has 0 rings (SSSR count). The molecule has 0 aromatic heterocycles. The van der Waals surface area contributed by atoms with E-state index in [9.17, 15) is 5.11 Å². The highest BCUT2D eigenvalue weighted by Gasteiger charge is 2.28. The van der Waals surface area contributed by atoms with Crippen molar-refractivity contribution in [1.82, 2.24) is 0 Å². The minimum Gasteiger partial charge on any atom is -0.394 e. The third-order valence-electron chi connectivity index (χ3n) is 1.43. The van der Waals surface area contributed by atoms with Crippen LogP contribution in [-0.2, 0) is 0 Å². The molecular formula is C6H12BrClO4. The third-order valence-corrected chi connectivity index (χ3v) is 2.90. The number of aliphatic hydroxyl groups is 4. The number of hydrogen-bond acceptors (Lipinski definition) is 4. The van der Waals surface area contributed by atoms with Crippen molar-refractivity contribution in [2.75, 3.05) is 12.5 Å². The van der Waals surface area contributed by atoms with Gasteiger partial charge in [-0.3, -0.25) is 0 Å². The van der Waals surface area contributed by atoms with E-state index in [1.807, 2.05) is 0 Å². The molecule has 0 spiro atoms. The van der Waals surface area contributed by atoms with Crippen LogP contribution in [0.5, 0.6) is 0 Å². The minimum atomic E-state index is -1.19. The molecule has 0 saturated carbocycles. The number of aliphatic hydroxyl groups excluding tert-OH is 4. The van der Waals surface area contributed by atoms with Crippen LogP contribution in [-0.4, -0.2) is 56.1 Å². The van der Waals surface area contributed by atoms with E-state index in [4.69, 9.17) is 26.9 Å². The largest absolute Gasteiger partial charge is 0.394 e. The summed E-state index contributed by atoms with van der Waals surface area (Å²) >= 11 is 8.20. The van der Waals surface area contributed by atoms with Gasteiger partial charge in [0.25, 0.3) is 0 Å². The fourth-order valence-corrected chi connectivity index (χ4v) is 1.33. The summed E-state index contributed by atoms with van der Waals surface area (Å²) in [5.74, 6) is -0.124. The molecule has 4 atom stereocenters. The Hall–Kier alpha value is 0.610. The van der Waals surface area contributed by atoms with Crippen LogP contribution in [0.25, 0.3) is 0 Å². The van der Waals surface area contributed by atoms with E-state index in [0.29, 0.717) is 0 Å². The lowest BCUT2D eigenvalue weighted by Crippen LogP contribution is -2.42. The van der Waals surface area contributed by atoms with Gasteiger partial charge in [-0.15, -0.1) is 11.6 Å². The Morgan fingerprint density at radius 1 is 1.17 bits per heavy atom. The Labute approximate surface area is 83.9 Å². The summed E-state index contributed by atoms with van der Waals surface area (Å²) in [5.41, 5.74) is 0. The second-order valence-electron chi connectivity index (χ2n) is 2.41. The maximum atomic E-state index is 9.24. The predicted octanol–water partition coefficient (Wildman–Crippen LogP) is -0.936. The first-order chi connectivity index (χ1) is 5.54. The van der Waals surface area contributed by atoms with Gasteiger partial charge in [0.05, 0.1) is 35.6 Å². The standard InChI is InChI=1S/C6H12BrClO4/c7-5(4(11)2-9)6(12)3(10)1-8/h3-6,9-12H,1-2H2. The summed E-state index contributed by atoms with van der Waals surface area (Å²) in [6.45, 7) is -0.484. The first-order valence-electron chi connectivity index (χ1n) is 3.39. The molecule has 0 bridgehead atoms. The average Bonchev–Trinajstić information content (AvgIpc) is 2.12. The van der Waals surface area contributed by atoms with Crippen LogP contribution in [0, 0.1) is 0 Å². The van der Waals surface area contributed by atoms with Crippen molar-refractivity contribution in [3.63, 3.8) is 0 Å². The Bertz CT molecular complexity index is 112. The topological polar surface area (TPSA) is 80.9 Å². The van der Waals surface area contributed by atoms with E-state index < -0.39 is 29.7 Å². The summed E-state index contributed by atoms with van der Waals surface area (Å²) in [5, 5.41) is 35.8. The number of rotatable bonds is 5. The van der Waals surface area contributed by atoms with E-state index in [-0.39, 0.29) is 5.88 Å². The lowest BCUT2D eigenvalue weighted by Gasteiger charge is -2.23. The lowest BCUT2D eigenvalue weighted by molar-refractivity contribution is -0.00644. The molecule has 0 radical (unpaired) electrons. The Balaban J connectivity index is 3.99. The summed E-state index contributed by atoms with van der Waals surface area (Å²) in [6.07, 6.45) is -3.42. The summed E-state index contributed by atoms with van der Waals surface area (Å²) < 4.78 is 0. The molecule has 0 aliphatic carbocycles. The molecule has 0 aromatic rings. The minimum absolute atomic E-state index is 0.124. The Morgan fingerprint density at radius 2 is 1.67 bits per heavy atom. The molecule has 0 saturated heterocycles. The molecule has 6 heteroatoms. The highest BCUT2D eigenvalue weighted by atomic mass is 79.9. The zero-order valence-electron chi connectivity index (χ0n) is 6.27. The molecular weight excluding hydrogens is 251 g/mol. The van der Waals surface area contributed by atoms with Crippen molar-refractivity contribution < 1.29 is 20.4 Å². The van der Waals surface area contributed by atoms with Crippen LogP contribution in [0.4, 0.5) is 0 Å². The van der Waals surface area contributed by atoms with Gasteiger partial charge in [0.2, 0.25) is 0 Å². The zero-order chi connectivity index (χ0) is 9.72. The number of halogens is 2. The highest BCUT2D eigenvalue weighted by molar-refractivity contribution is 9.09. The van der Waals surface area contributed by atoms with E-state index in [2.05, 4.69) is 15.9 Å². The molecule has 0 heterocycles. The fourth-order valence-electron chi connectivity index (χ4n) is 0.632. The quantitative estimate of drug-likeness (QED) is 0.483. The van der Waals surface area contributed by atoms with Gasteiger partial charge in [-0.25, -0.2) is 0 Å². The van der Waals surface area contributed by atoms with Crippen molar-refractivity contribution in [2.24, 2.45) is 0 Å². The van der Waals surface area contributed by atoms with Gasteiger partial charge in [-0.1, -0.05) is 15.9 Å². The molecule has 0 aliphatic heterocycles. The monoisotopic (exact) mass is 262 g/mol. The molecule has 4 N–H and O–H groups in total. The summed E-state index contributed by atoms with van der Waals surface area (Å²) in [6, 6.07) is 0. The zero-order valence-corrected chi connectivity index (χ0v) is 8.61. The highest BCUT2D eigenvalue weighted by Crippen LogP contribution is 2.14. The second kappa shape index (κ2) is 6.12. The Morgan fingerprint density at radius 3 is 2.00 bits per heavy atom. The lowest BCUT2D eigenvalue weighted by atomic mass is 10.1. The maximum absolute atomic E-state index is 9.24. The Kier molecular flexibility index (Phi) is 6.43. The van der Waals surface area contributed by atoms with E-state index in [1.165, 1.54) is 0 Å². The van der Waals surface area contributed by atoms with Crippen molar-refractivity contribution in [1.29, 1.82) is 0 Å². The maximum Gasteiger partial charge on any atom is 0.0961 e. The van der Waals surface area contributed by atoms with Crippen LogP contribution in [0.1, 0.15) is 0 Å². The van der Waals surface area contributed by atoms with Crippen molar-refractivity contribution in [2.45, 2.75) is 23.1 Å². The van der Waals surface area contributed by atoms with Gasteiger partial charge in [0.15, 0.2) is 0 Å². The predicted molar refractivity (Wildman–Crippen MR) is 48.5 cm³/mol. The van der Waals surface area contributed by atoms with Gasteiger partial charge in [-0.05, 0) is 0 Å². The SMILES string of the molecule is OCC(O)C(Br)C(O)C(O)CCl. The first-order valence-corrected chi connectivity index (χ1v) is 4.84. The molecule has 4 unspecified atom stereocenters. The van der Waals surface area contributed by atoms with Crippen molar-refractivity contribution in [3.8, 4) is 0 Å². The van der Waals surface area contributed by atoms with Gasteiger partial charge in [0.1, 0.15) is 0 Å². The third kappa shape index (κ3) is 3.55. The van der Waals surface area contributed by atoms with Crippen LogP contribution in [0.2, 0.25) is 0 Å². The molecule has 12 heavy (non-hydrogen) atoms. The smallest absolute Gasteiger partial charge is 0.0961 e. The van der Waals surface area contributed by atoms with Crippen LogP contribution in [0.15, 0.2) is 0 Å². The summed E-state index contributed by atoms with van der Waals surface area (Å²) in [4.78, 5) is -0.781. The summed E-state index contributed by atoms with van der Waals surface area (Å²) in [7, 11) is 0. The molecule has 0 amide bonds. The van der Waals surface area contributed by atoms with Gasteiger partial charge >= 0.3 is 0 Å². The van der Waals surface area contributed by atoms with Crippen LogP contribution in [0.3, 0.4) is 0 Å². The van der Waals surface area contributed by atoms with E-state index in [0.717, 1.165) is 0 Å². The number of alkyl halides is 2. The molecule has 4 nitrogen and oxygen atoms in total. The molecule has 74 valence electrons. The van der Waals surface area contributed by atoms with E-state index >= 15 is 0 Å². The average molecular weight is 264 g/mol. The second-order valence-corrected chi connectivity index (χ2v) is 3.77. The van der Waals surface area contributed by atoms with Gasteiger partial charge in [0, 0.05) is 0 Å². The normalized spacial score (nSPS) is 21.5. The van der Waals surface area contributed by atoms with Crippen LogP contribution < -0.4 is 0 Å².